The van der Waals surface area contributed by atoms with Gasteiger partial charge in [-0.3, -0.25) is 20.9 Å². The number of halogens is 3. The third-order valence-electron chi connectivity index (χ3n) is 3.28. The Hall–Kier alpha value is -1.47. The van der Waals surface area contributed by atoms with E-state index in [1.807, 2.05) is 0 Å². The van der Waals surface area contributed by atoms with Crippen LogP contribution in [0.3, 0.4) is 0 Å². The Labute approximate surface area is 201 Å². The van der Waals surface area contributed by atoms with Crippen LogP contribution in [-0.2, 0) is 11.5 Å². The molecule has 6 N–H and O–H groups in total. The van der Waals surface area contributed by atoms with E-state index in [1.165, 1.54) is 12.1 Å². The standard InChI is InChI=1S/C16H16ClN5O3S2.2BrH/c17-11-3-1-9(7-26-15(18)19)13(5-11)25-14-6-12(22(23)24)4-2-10(14)8-27-16(20)21;;/h1-6H,7-8H2,(H3,18,19)(H3,20,21);2*1H. The summed E-state index contributed by atoms with van der Waals surface area (Å²) in [5.41, 5.74) is 12.0. The van der Waals surface area contributed by atoms with Crippen molar-refractivity contribution in [2.24, 2.45) is 11.5 Å². The first-order valence-electron chi connectivity index (χ1n) is 7.43. The van der Waals surface area contributed by atoms with Gasteiger partial charge in [-0.25, -0.2) is 0 Å². The number of nitro groups is 1. The highest BCUT2D eigenvalue weighted by molar-refractivity contribution is 8.93. The molecule has 0 atom stereocenters. The summed E-state index contributed by atoms with van der Waals surface area (Å²) in [6.45, 7) is 0. The quantitative estimate of drug-likeness (QED) is 0.145. The van der Waals surface area contributed by atoms with Crippen molar-refractivity contribution in [3.8, 4) is 11.5 Å². The molecule has 0 aliphatic heterocycles. The maximum absolute atomic E-state index is 11.1. The summed E-state index contributed by atoms with van der Waals surface area (Å²) in [7, 11) is 0. The molecule has 0 saturated carbocycles. The number of nitrogens with one attached hydrogen (secondary N) is 2. The van der Waals surface area contributed by atoms with E-state index in [0.29, 0.717) is 27.8 Å². The Bertz CT molecular complexity index is 905. The molecular weight excluding hydrogens is 570 g/mol. The SMILES string of the molecule is Br.Br.N=C(N)SCc1ccc(Cl)cc1Oc1cc([N+](=O)[O-])ccc1CSC(=N)N. The zero-order chi connectivity index (χ0) is 20.0. The van der Waals surface area contributed by atoms with Crippen LogP contribution < -0.4 is 16.2 Å². The van der Waals surface area contributed by atoms with E-state index in [9.17, 15) is 10.1 Å². The number of non-ortho nitro benzene ring substituents is 1. The number of hydrogen-bond donors (Lipinski definition) is 4. The Balaban J connectivity index is 0.00000392. The van der Waals surface area contributed by atoms with Gasteiger partial charge >= 0.3 is 0 Å². The molecule has 0 aliphatic carbocycles. The van der Waals surface area contributed by atoms with E-state index in [0.717, 1.165) is 29.1 Å². The number of rotatable bonds is 7. The van der Waals surface area contributed by atoms with Crippen molar-refractivity contribution in [3.05, 3.63) is 62.7 Å². The number of amidine groups is 2. The van der Waals surface area contributed by atoms with Gasteiger partial charge in [0.2, 0.25) is 0 Å². The minimum atomic E-state index is -0.515. The van der Waals surface area contributed by atoms with Crippen molar-refractivity contribution >= 4 is 85.1 Å². The average molecular weight is 588 g/mol. The molecule has 0 amide bonds. The van der Waals surface area contributed by atoms with Crippen LogP contribution in [0, 0.1) is 20.9 Å². The topological polar surface area (TPSA) is 152 Å². The lowest BCUT2D eigenvalue weighted by Gasteiger charge is -2.14. The first kappa shape index (κ1) is 27.5. The molecule has 2 aromatic carbocycles. The van der Waals surface area contributed by atoms with Gasteiger partial charge in [-0.05, 0) is 18.2 Å². The summed E-state index contributed by atoms with van der Waals surface area (Å²) < 4.78 is 5.94. The smallest absolute Gasteiger partial charge is 0.273 e. The van der Waals surface area contributed by atoms with Crippen LogP contribution in [0.25, 0.3) is 0 Å². The largest absolute Gasteiger partial charge is 0.456 e. The van der Waals surface area contributed by atoms with E-state index >= 15 is 0 Å². The zero-order valence-electron chi connectivity index (χ0n) is 14.7. The van der Waals surface area contributed by atoms with Gasteiger partial charge in [-0.15, -0.1) is 34.0 Å². The molecule has 0 saturated heterocycles. The van der Waals surface area contributed by atoms with Crippen molar-refractivity contribution in [1.29, 1.82) is 10.8 Å². The van der Waals surface area contributed by atoms with Gasteiger partial charge in [0, 0.05) is 33.7 Å². The van der Waals surface area contributed by atoms with Crippen molar-refractivity contribution in [1.82, 2.24) is 0 Å². The van der Waals surface area contributed by atoms with Crippen LogP contribution in [0.5, 0.6) is 11.5 Å². The van der Waals surface area contributed by atoms with Crippen molar-refractivity contribution in [3.63, 3.8) is 0 Å². The van der Waals surface area contributed by atoms with E-state index in [4.69, 9.17) is 38.6 Å². The summed E-state index contributed by atoms with van der Waals surface area (Å²) in [6, 6.07) is 9.28. The third kappa shape index (κ3) is 8.83. The first-order valence-corrected chi connectivity index (χ1v) is 9.78. The molecule has 29 heavy (non-hydrogen) atoms. The molecule has 2 rings (SSSR count). The number of nitrogens with zero attached hydrogens (tertiary/aromatic N) is 1. The highest BCUT2D eigenvalue weighted by atomic mass is 79.9. The van der Waals surface area contributed by atoms with Crippen LogP contribution in [0.4, 0.5) is 5.69 Å². The van der Waals surface area contributed by atoms with E-state index < -0.39 is 4.92 Å². The lowest BCUT2D eigenvalue weighted by Crippen LogP contribution is -2.05. The molecule has 0 aromatic heterocycles. The number of benzene rings is 2. The van der Waals surface area contributed by atoms with Gasteiger partial charge in [0.25, 0.3) is 5.69 Å². The van der Waals surface area contributed by atoms with Crippen LogP contribution >= 0.6 is 69.1 Å². The number of ether oxygens (including phenoxy) is 1. The normalized spacial score (nSPS) is 9.69. The average Bonchev–Trinajstić information content (AvgIpc) is 2.59. The summed E-state index contributed by atoms with van der Waals surface area (Å²) in [4.78, 5) is 10.6. The van der Waals surface area contributed by atoms with E-state index in [1.54, 1.807) is 24.3 Å². The Kier molecular flexibility index (Phi) is 12.3. The van der Waals surface area contributed by atoms with Gasteiger partial charge in [-0.2, -0.15) is 0 Å². The van der Waals surface area contributed by atoms with E-state index in [2.05, 4.69) is 0 Å². The molecule has 0 spiro atoms. The number of nitro benzene ring substituents is 1. The fourth-order valence-electron chi connectivity index (χ4n) is 2.04. The molecule has 0 radical (unpaired) electrons. The third-order valence-corrected chi connectivity index (χ3v) is 5.04. The van der Waals surface area contributed by atoms with Gasteiger partial charge in [0.1, 0.15) is 11.5 Å². The van der Waals surface area contributed by atoms with E-state index in [-0.39, 0.29) is 55.7 Å². The Morgan fingerprint density at radius 2 is 1.48 bits per heavy atom. The second-order valence-corrected chi connectivity index (χ2v) is 7.68. The minimum Gasteiger partial charge on any atom is -0.456 e. The fourth-order valence-corrected chi connectivity index (χ4v) is 3.30. The zero-order valence-corrected chi connectivity index (χ0v) is 20.5. The van der Waals surface area contributed by atoms with Gasteiger partial charge in [0.15, 0.2) is 10.3 Å². The lowest BCUT2D eigenvalue weighted by atomic mass is 10.2. The van der Waals surface area contributed by atoms with Gasteiger partial charge in [-0.1, -0.05) is 41.2 Å². The number of thioether (sulfide) groups is 2. The van der Waals surface area contributed by atoms with Crippen LogP contribution in [0.1, 0.15) is 11.1 Å². The van der Waals surface area contributed by atoms with Crippen molar-refractivity contribution < 1.29 is 9.66 Å². The predicted octanol–water partition coefficient (Wildman–Crippen LogP) is 5.45. The van der Waals surface area contributed by atoms with Gasteiger partial charge in [0.05, 0.1) is 11.0 Å². The molecule has 0 unspecified atom stereocenters. The summed E-state index contributed by atoms with van der Waals surface area (Å²) in [5, 5.41) is 26.1. The lowest BCUT2D eigenvalue weighted by molar-refractivity contribution is -0.384. The predicted molar refractivity (Wildman–Crippen MR) is 132 cm³/mol. The highest BCUT2D eigenvalue weighted by Crippen LogP contribution is 2.35. The van der Waals surface area contributed by atoms with Crippen LogP contribution in [-0.4, -0.2) is 15.3 Å². The highest BCUT2D eigenvalue weighted by Gasteiger charge is 2.15. The molecule has 0 heterocycles. The Morgan fingerprint density at radius 1 is 1.00 bits per heavy atom. The summed E-state index contributed by atoms with van der Waals surface area (Å²) in [6.07, 6.45) is 0. The number of nitrogens with two attached hydrogens (primary N) is 2. The monoisotopic (exact) mass is 585 g/mol. The summed E-state index contributed by atoms with van der Waals surface area (Å²) >= 11 is 8.26. The maximum Gasteiger partial charge on any atom is 0.273 e. The maximum atomic E-state index is 11.1. The van der Waals surface area contributed by atoms with Crippen molar-refractivity contribution in [2.75, 3.05) is 0 Å². The second kappa shape index (κ2) is 13.0. The van der Waals surface area contributed by atoms with Crippen LogP contribution in [0.2, 0.25) is 5.02 Å². The number of hydrogen-bond acceptors (Lipinski definition) is 7. The molecule has 8 nitrogen and oxygen atoms in total. The molecule has 0 aliphatic rings. The Morgan fingerprint density at radius 3 is 1.97 bits per heavy atom. The fraction of sp³-hybridized carbons (Fsp3) is 0.125. The molecule has 13 heteroatoms. The molecule has 0 fully saturated rings. The molecular formula is C16H18Br2ClN5O3S2. The minimum absolute atomic E-state index is 0. The molecule has 0 bridgehead atoms. The molecule has 2 aromatic rings. The first-order chi connectivity index (χ1) is 12.8. The van der Waals surface area contributed by atoms with Crippen molar-refractivity contribution in [2.45, 2.75) is 11.5 Å². The van der Waals surface area contributed by atoms with Crippen LogP contribution in [0.15, 0.2) is 36.4 Å². The van der Waals surface area contributed by atoms with Gasteiger partial charge < -0.3 is 16.2 Å². The second-order valence-electron chi connectivity index (χ2n) is 5.21. The summed E-state index contributed by atoms with van der Waals surface area (Å²) in [5.74, 6) is 1.38. The molecule has 158 valence electrons.